The van der Waals surface area contributed by atoms with E-state index in [4.69, 9.17) is 14.6 Å². The van der Waals surface area contributed by atoms with Crippen LogP contribution in [0.3, 0.4) is 0 Å². The van der Waals surface area contributed by atoms with Gasteiger partial charge in [-0.15, -0.1) is 5.10 Å². The van der Waals surface area contributed by atoms with Gasteiger partial charge in [0.05, 0.1) is 25.0 Å². The third-order valence-corrected chi connectivity index (χ3v) is 9.91. The Labute approximate surface area is 218 Å². The highest BCUT2D eigenvalue weighted by Crippen LogP contribution is 2.45. The van der Waals surface area contributed by atoms with E-state index in [9.17, 15) is 9.59 Å². The second-order valence-corrected chi connectivity index (χ2v) is 14.4. The molecule has 1 saturated heterocycles. The third-order valence-electron chi connectivity index (χ3n) is 7.38. The van der Waals surface area contributed by atoms with E-state index in [2.05, 4.69) is 29.4 Å². The van der Waals surface area contributed by atoms with Gasteiger partial charge in [-0.1, -0.05) is 24.3 Å². The summed E-state index contributed by atoms with van der Waals surface area (Å²) in [6.07, 6.45) is 6.61. The van der Waals surface area contributed by atoms with Gasteiger partial charge in [-0.2, -0.15) is 0 Å². The summed E-state index contributed by atoms with van der Waals surface area (Å²) in [6, 6.07) is 11.5. The van der Waals surface area contributed by atoms with Crippen molar-refractivity contribution in [2.75, 3.05) is 13.7 Å². The van der Waals surface area contributed by atoms with E-state index in [1.54, 1.807) is 27.6 Å². The molecule has 9 nitrogen and oxygen atoms in total. The smallest absolute Gasteiger partial charge is 0.297 e. The Morgan fingerprint density at radius 1 is 1.11 bits per heavy atom. The largest absolute Gasteiger partial charge is 0.491 e. The lowest BCUT2D eigenvalue weighted by atomic mass is 9.95. The number of aryl methyl sites for hydroxylation is 2. The topological polar surface area (TPSA) is 112 Å². The lowest BCUT2D eigenvalue weighted by Gasteiger charge is -2.30. The molecule has 3 aromatic rings. The molecule has 2 aromatic heterocycles. The fourth-order valence-electron chi connectivity index (χ4n) is 5.58. The van der Waals surface area contributed by atoms with Crippen LogP contribution in [-0.2, 0) is 24.1 Å². The lowest BCUT2D eigenvalue weighted by molar-refractivity contribution is 0.0245. The number of nitrogens with zero attached hydrogens (tertiary/aromatic N) is 4. The van der Waals surface area contributed by atoms with Gasteiger partial charge in [-0.25, -0.2) is 0 Å². The molecule has 3 heterocycles. The number of ether oxygens (including phenoxy) is 2. The van der Waals surface area contributed by atoms with Gasteiger partial charge in [-0.3, -0.25) is 14.0 Å². The Balaban J connectivity index is 1.39. The van der Waals surface area contributed by atoms with E-state index in [0.29, 0.717) is 18.7 Å². The zero-order chi connectivity index (χ0) is 26.6. The Morgan fingerprint density at radius 2 is 1.86 bits per heavy atom. The second-order valence-electron chi connectivity index (χ2n) is 10.4. The van der Waals surface area contributed by atoms with E-state index < -0.39 is 8.32 Å². The Bertz CT molecular complexity index is 1220. The van der Waals surface area contributed by atoms with Crippen molar-refractivity contribution >= 4 is 8.32 Å². The molecule has 10 heteroatoms. The van der Waals surface area contributed by atoms with Gasteiger partial charge in [-0.05, 0) is 68.1 Å². The standard InChI is InChI=1S/C27H38N4O5Si/c1-19-23(12-9-20-7-10-22(11-8-20)31-15-5-6-25(35-2)27(31)33)36-24(26(19)37(3,4)34)13-16-30-18-21(14-17-32)28-29-30/h5-8,10-11,15,18-19,23-24,26,32,34H,9,12-14,16-17H2,1-4H3/t19-,23+,24-,26+/m0/s1. The van der Waals surface area contributed by atoms with Crippen LogP contribution < -0.4 is 10.3 Å². The number of hydrogen-bond acceptors (Lipinski definition) is 7. The van der Waals surface area contributed by atoms with Gasteiger partial charge in [0.25, 0.3) is 5.56 Å². The Hall–Kier alpha value is -2.79. The average Bonchev–Trinajstić information content (AvgIpc) is 3.45. The van der Waals surface area contributed by atoms with Crippen molar-refractivity contribution in [3.05, 3.63) is 70.4 Å². The highest BCUT2D eigenvalue weighted by Gasteiger charge is 2.49. The minimum atomic E-state index is -2.45. The van der Waals surface area contributed by atoms with E-state index in [1.807, 2.05) is 31.4 Å². The maximum absolute atomic E-state index is 12.5. The maximum Gasteiger partial charge on any atom is 0.297 e. The predicted octanol–water partition coefficient (Wildman–Crippen LogP) is 2.97. The summed E-state index contributed by atoms with van der Waals surface area (Å²) in [5.41, 5.74) is 2.70. The van der Waals surface area contributed by atoms with Crippen molar-refractivity contribution in [2.24, 2.45) is 5.92 Å². The molecular formula is C27H38N4O5Si. The first-order valence-electron chi connectivity index (χ1n) is 12.9. The zero-order valence-electron chi connectivity index (χ0n) is 22.1. The van der Waals surface area contributed by atoms with Crippen molar-refractivity contribution in [3.63, 3.8) is 0 Å². The van der Waals surface area contributed by atoms with E-state index in [-0.39, 0.29) is 35.8 Å². The molecule has 0 aliphatic carbocycles. The van der Waals surface area contributed by atoms with Gasteiger partial charge in [0, 0.05) is 43.2 Å². The highest BCUT2D eigenvalue weighted by atomic mass is 28.4. The number of aromatic nitrogens is 4. The van der Waals surface area contributed by atoms with Crippen LogP contribution in [0.5, 0.6) is 5.75 Å². The first-order valence-corrected chi connectivity index (χ1v) is 16.0. The number of aliphatic hydroxyl groups is 1. The summed E-state index contributed by atoms with van der Waals surface area (Å²) in [6.45, 7) is 6.92. The molecule has 0 spiro atoms. The number of pyridine rings is 1. The quantitative estimate of drug-likeness (QED) is 0.370. The highest BCUT2D eigenvalue weighted by molar-refractivity contribution is 6.71. The molecular weight excluding hydrogens is 488 g/mol. The van der Waals surface area contributed by atoms with Crippen molar-refractivity contribution in [2.45, 2.75) is 70.0 Å². The Kier molecular flexibility index (Phi) is 8.63. The van der Waals surface area contributed by atoms with Gasteiger partial charge in [0.15, 0.2) is 14.1 Å². The molecule has 200 valence electrons. The van der Waals surface area contributed by atoms with Gasteiger partial charge in [0.2, 0.25) is 0 Å². The normalized spacial score (nSPS) is 21.9. The van der Waals surface area contributed by atoms with Crippen LogP contribution in [0.4, 0.5) is 0 Å². The molecule has 1 aliphatic rings. The van der Waals surface area contributed by atoms with Crippen molar-refractivity contribution in [1.82, 2.24) is 19.6 Å². The summed E-state index contributed by atoms with van der Waals surface area (Å²) in [7, 11) is -0.955. The second kappa shape index (κ2) is 11.7. The summed E-state index contributed by atoms with van der Waals surface area (Å²) in [5.74, 6) is 0.569. The predicted molar refractivity (Wildman–Crippen MR) is 144 cm³/mol. The monoisotopic (exact) mass is 526 g/mol. The molecule has 1 fully saturated rings. The number of aliphatic hydroxyl groups excluding tert-OH is 1. The minimum Gasteiger partial charge on any atom is -0.491 e. The van der Waals surface area contributed by atoms with Crippen LogP contribution in [0.25, 0.3) is 5.69 Å². The number of benzene rings is 1. The van der Waals surface area contributed by atoms with Crippen LogP contribution in [0.15, 0.2) is 53.6 Å². The molecule has 0 unspecified atom stereocenters. The minimum absolute atomic E-state index is 0.0283. The SMILES string of the molecule is COc1cccn(-c2ccc(CC[C@H]3O[C@@H](CCn4cc(CCO)nn4)[C@H]([Si](C)(C)O)[C@H]3C)cc2)c1=O. The maximum atomic E-state index is 12.5. The van der Waals surface area contributed by atoms with Crippen molar-refractivity contribution in [1.29, 1.82) is 0 Å². The fraction of sp³-hybridized carbons (Fsp3) is 0.519. The van der Waals surface area contributed by atoms with Gasteiger partial charge < -0.3 is 19.4 Å². The van der Waals surface area contributed by atoms with Crippen LogP contribution in [0.2, 0.25) is 18.6 Å². The lowest BCUT2D eigenvalue weighted by Crippen LogP contribution is -2.40. The number of methoxy groups -OCH3 is 1. The van der Waals surface area contributed by atoms with Gasteiger partial charge >= 0.3 is 0 Å². The fourth-order valence-corrected chi connectivity index (χ4v) is 8.24. The van der Waals surface area contributed by atoms with E-state index in [0.717, 1.165) is 30.6 Å². The molecule has 4 rings (SSSR count). The number of hydrogen-bond donors (Lipinski definition) is 2. The Morgan fingerprint density at radius 3 is 2.54 bits per heavy atom. The molecule has 2 N–H and O–H groups in total. The molecule has 0 bridgehead atoms. The summed E-state index contributed by atoms with van der Waals surface area (Å²) >= 11 is 0. The molecule has 4 atom stereocenters. The molecule has 37 heavy (non-hydrogen) atoms. The molecule has 0 amide bonds. The average molecular weight is 527 g/mol. The van der Waals surface area contributed by atoms with Crippen LogP contribution in [0.1, 0.15) is 31.0 Å². The molecule has 1 aromatic carbocycles. The first-order chi connectivity index (χ1) is 17.7. The van der Waals surface area contributed by atoms with Gasteiger partial charge in [0.1, 0.15) is 0 Å². The number of rotatable bonds is 11. The van der Waals surface area contributed by atoms with Crippen LogP contribution in [0, 0.1) is 5.92 Å². The van der Waals surface area contributed by atoms with E-state index >= 15 is 0 Å². The van der Waals surface area contributed by atoms with E-state index in [1.165, 1.54) is 12.7 Å². The van der Waals surface area contributed by atoms with Crippen LogP contribution in [-0.4, -0.2) is 63.7 Å². The first kappa shape index (κ1) is 27.2. The molecule has 0 radical (unpaired) electrons. The van der Waals surface area contributed by atoms with Crippen LogP contribution >= 0.6 is 0 Å². The van der Waals surface area contributed by atoms with Crippen molar-refractivity contribution < 1.29 is 19.4 Å². The summed E-state index contributed by atoms with van der Waals surface area (Å²) < 4.78 is 15.1. The molecule has 0 saturated carbocycles. The third kappa shape index (κ3) is 6.38. The van der Waals surface area contributed by atoms with Crippen molar-refractivity contribution in [3.8, 4) is 11.4 Å². The summed E-state index contributed by atoms with van der Waals surface area (Å²) in [5, 5.41) is 17.4. The zero-order valence-corrected chi connectivity index (χ0v) is 23.1. The summed E-state index contributed by atoms with van der Waals surface area (Å²) in [4.78, 5) is 23.6. The molecule has 1 aliphatic heterocycles.